The highest BCUT2D eigenvalue weighted by atomic mass is 32.1. The molecular weight excluding hydrogens is 290 g/mol. The van der Waals surface area contributed by atoms with E-state index in [-0.39, 0.29) is 0 Å². The number of aliphatic hydroxyl groups excluding tert-OH is 1. The number of aliphatic hydroxyl groups is 1. The Morgan fingerprint density at radius 2 is 1.45 bits per heavy atom. The van der Waals surface area contributed by atoms with Crippen LogP contribution in [0.4, 0.5) is 0 Å². The predicted molar refractivity (Wildman–Crippen MR) is 93.9 cm³/mol. The summed E-state index contributed by atoms with van der Waals surface area (Å²) >= 11 is 1.79. The van der Waals surface area contributed by atoms with Crippen LogP contribution in [0.5, 0.6) is 0 Å². The van der Waals surface area contributed by atoms with Gasteiger partial charge in [0, 0.05) is 25.7 Å². The Bertz CT molecular complexity index is 971. The van der Waals surface area contributed by atoms with E-state index in [1.54, 1.807) is 11.3 Å². The summed E-state index contributed by atoms with van der Waals surface area (Å²) in [6.07, 6.45) is -0.976. The second-order valence-corrected chi connectivity index (χ2v) is 6.39. The monoisotopic (exact) mass is 305 g/mol. The van der Waals surface area contributed by atoms with E-state index < -0.39 is 6.23 Å². The summed E-state index contributed by atoms with van der Waals surface area (Å²) in [5.41, 5.74) is 8.61. The van der Waals surface area contributed by atoms with Gasteiger partial charge in [-0.05, 0) is 23.3 Å². The lowest BCUT2D eigenvalue weighted by molar-refractivity contribution is 0.187. The van der Waals surface area contributed by atoms with Crippen molar-refractivity contribution in [2.24, 2.45) is 5.73 Å². The van der Waals surface area contributed by atoms with Crippen LogP contribution >= 0.6 is 11.3 Å². The van der Waals surface area contributed by atoms with E-state index in [1.807, 2.05) is 24.3 Å². The first-order valence-electron chi connectivity index (χ1n) is 7.19. The maximum Gasteiger partial charge on any atom is 0.129 e. The molecule has 2 nitrogen and oxygen atoms in total. The van der Waals surface area contributed by atoms with Crippen molar-refractivity contribution in [2.45, 2.75) is 6.23 Å². The Hall–Kier alpha value is -2.20. The van der Waals surface area contributed by atoms with Gasteiger partial charge in [0.1, 0.15) is 6.23 Å². The summed E-state index contributed by atoms with van der Waals surface area (Å²) in [6.45, 7) is 0. The van der Waals surface area contributed by atoms with E-state index >= 15 is 0 Å². The Kier molecular flexibility index (Phi) is 3.19. The first kappa shape index (κ1) is 13.5. The van der Waals surface area contributed by atoms with Crippen molar-refractivity contribution in [3.63, 3.8) is 0 Å². The Balaban J connectivity index is 2.12. The highest BCUT2D eigenvalue weighted by molar-refractivity contribution is 7.25. The molecule has 0 saturated carbocycles. The minimum atomic E-state index is -0.976. The SMILES string of the molecule is NC(O)c1ccccc1-c1cccc2sc3ccccc3c12. The summed E-state index contributed by atoms with van der Waals surface area (Å²) in [6, 6.07) is 22.5. The van der Waals surface area contributed by atoms with Crippen molar-refractivity contribution in [1.82, 2.24) is 0 Å². The van der Waals surface area contributed by atoms with Crippen LogP contribution in [0.15, 0.2) is 66.7 Å². The summed E-state index contributed by atoms with van der Waals surface area (Å²) in [5, 5.41) is 12.4. The summed E-state index contributed by atoms with van der Waals surface area (Å²) in [4.78, 5) is 0. The zero-order chi connectivity index (χ0) is 15.1. The summed E-state index contributed by atoms with van der Waals surface area (Å²) < 4.78 is 2.52. The van der Waals surface area contributed by atoms with Gasteiger partial charge < -0.3 is 10.8 Å². The van der Waals surface area contributed by atoms with Gasteiger partial charge in [0.25, 0.3) is 0 Å². The first-order chi connectivity index (χ1) is 10.8. The van der Waals surface area contributed by atoms with Crippen LogP contribution in [0.25, 0.3) is 31.3 Å². The molecule has 1 heterocycles. The molecule has 4 rings (SSSR count). The third kappa shape index (κ3) is 2.03. The molecule has 0 bridgehead atoms. The van der Waals surface area contributed by atoms with Gasteiger partial charge >= 0.3 is 0 Å². The van der Waals surface area contributed by atoms with Crippen molar-refractivity contribution in [2.75, 3.05) is 0 Å². The van der Waals surface area contributed by atoms with Crippen LogP contribution in [0, 0.1) is 0 Å². The molecule has 1 aromatic heterocycles. The third-order valence-electron chi connectivity index (χ3n) is 3.97. The highest BCUT2D eigenvalue weighted by Gasteiger charge is 2.14. The number of benzene rings is 3. The Labute approximate surface area is 132 Å². The van der Waals surface area contributed by atoms with Gasteiger partial charge in [0.2, 0.25) is 0 Å². The van der Waals surface area contributed by atoms with E-state index in [0.717, 1.165) is 16.7 Å². The lowest BCUT2D eigenvalue weighted by atomic mass is 9.95. The lowest BCUT2D eigenvalue weighted by Gasteiger charge is -2.13. The molecule has 0 aliphatic rings. The number of fused-ring (bicyclic) bond motifs is 3. The Morgan fingerprint density at radius 1 is 0.773 bits per heavy atom. The van der Waals surface area contributed by atoms with Crippen LogP contribution in [0.3, 0.4) is 0 Å². The van der Waals surface area contributed by atoms with Gasteiger partial charge in [-0.2, -0.15) is 0 Å². The number of hydrogen-bond donors (Lipinski definition) is 2. The highest BCUT2D eigenvalue weighted by Crippen LogP contribution is 2.41. The number of nitrogens with two attached hydrogens (primary N) is 1. The largest absolute Gasteiger partial charge is 0.375 e. The smallest absolute Gasteiger partial charge is 0.129 e. The molecule has 4 aromatic rings. The molecule has 0 spiro atoms. The molecule has 0 fully saturated rings. The molecule has 0 aliphatic carbocycles. The topological polar surface area (TPSA) is 46.2 Å². The predicted octanol–water partition coefficient (Wildman–Crippen LogP) is 4.67. The molecule has 22 heavy (non-hydrogen) atoms. The van der Waals surface area contributed by atoms with E-state index in [4.69, 9.17) is 5.73 Å². The van der Waals surface area contributed by atoms with Crippen LogP contribution in [-0.2, 0) is 0 Å². The van der Waals surface area contributed by atoms with E-state index in [0.29, 0.717) is 0 Å². The standard InChI is InChI=1S/C19H15NOS/c20-19(21)14-7-2-1-6-12(14)13-9-5-11-17-18(13)15-8-3-4-10-16(15)22-17/h1-11,19,21H,20H2. The van der Waals surface area contributed by atoms with Gasteiger partial charge in [-0.1, -0.05) is 54.6 Å². The second kappa shape index (κ2) is 5.21. The first-order valence-corrected chi connectivity index (χ1v) is 8.00. The molecule has 3 N–H and O–H groups in total. The number of thiophene rings is 1. The molecule has 0 saturated heterocycles. The average Bonchev–Trinajstić information content (AvgIpc) is 2.93. The van der Waals surface area contributed by atoms with Crippen molar-refractivity contribution in [3.8, 4) is 11.1 Å². The lowest BCUT2D eigenvalue weighted by Crippen LogP contribution is -2.09. The normalized spacial score (nSPS) is 12.8. The molecular formula is C19H15NOS. The van der Waals surface area contributed by atoms with E-state index in [9.17, 15) is 5.11 Å². The van der Waals surface area contributed by atoms with Crippen LogP contribution < -0.4 is 5.73 Å². The Morgan fingerprint density at radius 3 is 2.32 bits per heavy atom. The molecule has 0 radical (unpaired) electrons. The zero-order valence-corrected chi connectivity index (χ0v) is 12.7. The zero-order valence-electron chi connectivity index (χ0n) is 11.9. The van der Waals surface area contributed by atoms with Crippen LogP contribution in [0.2, 0.25) is 0 Å². The van der Waals surface area contributed by atoms with Crippen molar-refractivity contribution in [1.29, 1.82) is 0 Å². The van der Waals surface area contributed by atoms with Gasteiger partial charge in [0.05, 0.1) is 0 Å². The molecule has 1 unspecified atom stereocenters. The quantitative estimate of drug-likeness (QED) is 0.529. The molecule has 3 aromatic carbocycles. The molecule has 0 amide bonds. The van der Waals surface area contributed by atoms with E-state index in [2.05, 4.69) is 42.5 Å². The number of rotatable bonds is 2. The third-order valence-corrected chi connectivity index (χ3v) is 5.11. The van der Waals surface area contributed by atoms with Crippen molar-refractivity contribution in [3.05, 3.63) is 72.3 Å². The van der Waals surface area contributed by atoms with Gasteiger partial charge in [0.15, 0.2) is 0 Å². The molecule has 108 valence electrons. The molecule has 3 heteroatoms. The van der Waals surface area contributed by atoms with Crippen molar-refractivity contribution < 1.29 is 5.11 Å². The minimum absolute atomic E-state index is 0.755. The fraction of sp³-hybridized carbons (Fsp3) is 0.0526. The van der Waals surface area contributed by atoms with Crippen molar-refractivity contribution >= 4 is 31.5 Å². The van der Waals surface area contributed by atoms with Gasteiger partial charge in [-0.15, -0.1) is 11.3 Å². The maximum absolute atomic E-state index is 9.88. The van der Waals surface area contributed by atoms with E-state index in [1.165, 1.54) is 20.2 Å². The molecule has 1 atom stereocenters. The summed E-state index contributed by atoms with van der Waals surface area (Å²) in [7, 11) is 0. The minimum Gasteiger partial charge on any atom is -0.375 e. The summed E-state index contributed by atoms with van der Waals surface area (Å²) in [5.74, 6) is 0. The van der Waals surface area contributed by atoms with Crippen LogP contribution in [0.1, 0.15) is 11.8 Å². The maximum atomic E-state index is 9.88. The number of hydrogen-bond acceptors (Lipinski definition) is 3. The molecule has 0 aliphatic heterocycles. The fourth-order valence-electron chi connectivity index (χ4n) is 3.00. The van der Waals surface area contributed by atoms with Gasteiger partial charge in [-0.25, -0.2) is 0 Å². The fourth-order valence-corrected chi connectivity index (χ4v) is 4.13. The van der Waals surface area contributed by atoms with Gasteiger partial charge in [-0.3, -0.25) is 0 Å². The second-order valence-electron chi connectivity index (χ2n) is 5.31. The average molecular weight is 305 g/mol. The van der Waals surface area contributed by atoms with Crippen LogP contribution in [-0.4, -0.2) is 5.11 Å².